The van der Waals surface area contributed by atoms with Gasteiger partial charge in [0.25, 0.3) is 5.69 Å². The molecule has 0 spiro atoms. The fourth-order valence-electron chi connectivity index (χ4n) is 3.98. The van der Waals surface area contributed by atoms with Crippen LogP contribution in [0.4, 0.5) is 5.69 Å². The lowest BCUT2D eigenvalue weighted by Crippen LogP contribution is -2.33. The predicted molar refractivity (Wildman–Crippen MR) is 114 cm³/mol. The molecule has 1 aliphatic rings. The first-order valence-corrected chi connectivity index (χ1v) is 9.70. The molecule has 30 heavy (non-hydrogen) atoms. The van der Waals surface area contributed by atoms with Crippen molar-refractivity contribution in [2.75, 3.05) is 0 Å². The number of ether oxygens (including phenoxy) is 1. The SMILES string of the molecule is C[C@]1(c2ccccc2)C[C@@H](c2ccc([N+](=O)[O-])cc2)C(C#N)=C(c2ccccc2)O1. The van der Waals surface area contributed by atoms with Crippen molar-refractivity contribution in [1.29, 1.82) is 5.26 Å². The first kappa shape index (κ1) is 19.4. The number of non-ortho nitro benzene ring substituents is 1. The minimum Gasteiger partial charge on any atom is -0.481 e. The lowest BCUT2D eigenvalue weighted by molar-refractivity contribution is -0.384. The van der Waals surface area contributed by atoms with Crippen LogP contribution in [0.3, 0.4) is 0 Å². The molecule has 0 amide bonds. The maximum Gasteiger partial charge on any atom is 0.269 e. The third-order valence-corrected chi connectivity index (χ3v) is 5.56. The van der Waals surface area contributed by atoms with Crippen LogP contribution < -0.4 is 0 Å². The number of hydrogen-bond donors (Lipinski definition) is 0. The number of nitro benzene ring substituents is 1. The highest BCUT2D eigenvalue weighted by Gasteiger charge is 2.41. The van der Waals surface area contributed by atoms with Crippen LogP contribution in [-0.2, 0) is 10.3 Å². The third kappa shape index (κ3) is 3.56. The van der Waals surface area contributed by atoms with E-state index in [2.05, 4.69) is 6.07 Å². The standard InChI is InChI=1S/C25H20N2O3/c1-25(20-10-6-3-7-11-20)16-22(18-12-14-21(15-13-18)27(28)29)23(17-26)24(30-25)19-8-4-2-5-9-19/h2-15,22H,16H2,1H3/t22-,25+/m0/s1. The van der Waals surface area contributed by atoms with Gasteiger partial charge in [-0.3, -0.25) is 10.1 Å². The Morgan fingerprint density at radius 1 is 1.00 bits per heavy atom. The van der Waals surface area contributed by atoms with E-state index >= 15 is 0 Å². The van der Waals surface area contributed by atoms with E-state index in [1.807, 2.05) is 67.6 Å². The molecule has 0 aliphatic carbocycles. The molecule has 0 N–H and O–H groups in total. The fraction of sp³-hybridized carbons (Fsp3) is 0.160. The van der Waals surface area contributed by atoms with Crippen LogP contribution in [0.5, 0.6) is 0 Å². The normalized spacial score (nSPS) is 20.9. The van der Waals surface area contributed by atoms with Crippen LogP contribution in [0, 0.1) is 21.4 Å². The van der Waals surface area contributed by atoms with Crippen molar-refractivity contribution in [1.82, 2.24) is 0 Å². The zero-order valence-electron chi connectivity index (χ0n) is 16.5. The molecule has 0 saturated heterocycles. The summed E-state index contributed by atoms with van der Waals surface area (Å²) in [5.74, 6) is 0.309. The van der Waals surface area contributed by atoms with Crippen molar-refractivity contribution >= 4 is 11.4 Å². The molecule has 0 bridgehead atoms. The second-order valence-corrected chi connectivity index (χ2v) is 7.52. The number of nitro groups is 1. The van der Waals surface area contributed by atoms with Crippen molar-refractivity contribution in [3.05, 3.63) is 117 Å². The number of rotatable bonds is 4. The van der Waals surface area contributed by atoms with Crippen LogP contribution in [0.2, 0.25) is 0 Å². The maximum atomic E-state index is 11.1. The molecular formula is C25H20N2O3. The molecular weight excluding hydrogens is 376 g/mol. The Bertz CT molecular complexity index is 1130. The van der Waals surface area contributed by atoms with E-state index < -0.39 is 10.5 Å². The molecule has 1 heterocycles. The number of nitrogens with zero attached hydrogens (tertiary/aromatic N) is 2. The van der Waals surface area contributed by atoms with Crippen LogP contribution in [-0.4, -0.2) is 4.92 Å². The van der Waals surface area contributed by atoms with Gasteiger partial charge in [0.15, 0.2) is 0 Å². The van der Waals surface area contributed by atoms with Gasteiger partial charge >= 0.3 is 0 Å². The summed E-state index contributed by atoms with van der Waals surface area (Å²) < 4.78 is 6.51. The van der Waals surface area contributed by atoms with Gasteiger partial charge in [-0.15, -0.1) is 0 Å². The predicted octanol–water partition coefficient (Wildman–Crippen LogP) is 5.95. The highest BCUT2D eigenvalue weighted by Crippen LogP contribution is 2.49. The monoisotopic (exact) mass is 396 g/mol. The number of benzene rings is 3. The molecule has 2 atom stereocenters. The number of nitriles is 1. The summed E-state index contributed by atoms with van der Waals surface area (Å²) in [6.45, 7) is 2.03. The first-order chi connectivity index (χ1) is 14.5. The topological polar surface area (TPSA) is 76.2 Å². The van der Waals surface area contributed by atoms with Crippen molar-refractivity contribution in [2.24, 2.45) is 0 Å². The van der Waals surface area contributed by atoms with Gasteiger partial charge in [-0.2, -0.15) is 5.26 Å². The highest BCUT2D eigenvalue weighted by molar-refractivity contribution is 5.70. The summed E-state index contributed by atoms with van der Waals surface area (Å²) in [7, 11) is 0. The summed E-state index contributed by atoms with van der Waals surface area (Å²) in [6.07, 6.45) is 0.550. The van der Waals surface area contributed by atoms with Gasteiger partial charge in [0, 0.05) is 30.0 Å². The molecule has 5 nitrogen and oxygen atoms in total. The maximum absolute atomic E-state index is 11.1. The fourth-order valence-corrected chi connectivity index (χ4v) is 3.98. The van der Waals surface area contributed by atoms with E-state index in [4.69, 9.17) is 4.74 Å². The van der Waals surface area contributed by atoms with Gasteiger partial charge in [0.05, 0.1) is 16.6 Å². The number of hydrogen-bond acceptors (Lipinski definition) is 4. The van der Waals surface area contributed by atoms with E-state index in [1.165, 1.54) is 12.1 Å². The summed E-state index contributed by atoms with van der Waals surface area (Å²) >= 11 is 0. The van der Waals surface area contributed by atoms with E-state index in [0.717, 1.165) is 16.7 Å². The zero-order valence-corrected chi connectivity index (χ0v) is 16.5. The zero-order chi connectivity index (χ0) is 21.1. The molecule has 0 unspecified atom stereocenters. The Hall–Kier alpha value is -3.91. The molecule has 0 fully saturated rings. The minimum atomic E-state index is -0.654. The summed E-state index contributed by atoms with van der Waals surface area (Å²) in [5.41, 5.74) is 2.62. The molecule has 0 aromatic heterocycles. The van der Waals surface area contributed by atoms with Gasteiger partial charge in [-0.05, 0) is 18.1 Å². The molecule has 5 heteroatoms. The third-order valence-electron chi connectivity index (χ3n) is 5.56. The average molecular weight is 396 g/mol. The second kappa shape index (κ2) is 7.84. The van der Waals surface area contributed by atoms with Crippen LogP contribution >= 0.6 is 0 Å². The average Bonchev–Trinajstić information content (AvgIpc) is 2.80. The summed E-state index contributed by atoms with van der Waals surface area (Å²) in [6, 6.07) is 28.3. The van der Waals surface area contributed by atoms with Crippen molar-refractivity contribution < 1.29 is 9.66 Å². The summed E-state index contributed by atoms with van der Waals surface area (Å²) in [4.78, 5) is 10.6. The largest absolute Gasteiger partial charge is 0.481 e. The quantitative estimate of drug-likeness (QED) is 0.403. The Balaban J connectivity index is 1.87. The van der Waals surface area contributed by atoms with Gasteiger partial charge in [0.2, 0.25) is 0 Å². The number of allylic oxidation sites excluding steroid dienone is 1. The molecule has 0 radical (unpaired) electrons. The summed E-state index contributed by atoms with van der Waals surface area (Å²) in [5, 5.41) is 21.1. The molecule has 3 aromatic rings. The smallest absolute Gasteiger partial charge is 0.269 e. The molecule has 148 valence electrons. The van der Waals surface area contributed by atoms with E-state index in [0.29, 0.717) is 17.8 Å². The van der Waals surface area contributed by atoms with Crippen molar-refractivity contribution in [2.45, 2.75) is 24.9 Å². The van der Waals surface area contributed by atoms with Crippen molar-refractivity contribution in [3.63, 3.8) is 0 Å². The van der Waals surface area contributed by atoms with Gasteiger partial charge in [-0.1, -0.05) is 72.8 Å². The van der Waals surface area contributed by atoms with Crippen molar-refractivity contribution in [3.8, 4) is 6.07 Å². The Kier molecular flexibility index (Phi) is 5.07. The molecule has 3 aromatic carbocycles. The lowest BCUT2D eigenvalue weighted by atomic mass is 9.76. The Labute approximate surface area is 175 Å². The van der Waals surface area contributed by atoms with Crippen LogP contribution in [0.1, 0.15) is 36.0 Å². The van der Waals surface area contributed by atoms with Gasteiger partial charge in [-0.25, -0.2) is 0 Å². The van der Waals surface area contributed by atoms with Gasteiger partial charge in [0.1, 0.15) is 11.4 Å². The molecule has 0 saturated carbocycles. The van der Waals surface area contributed by atoms with E-state index in [-0.39, 0.29) is 11.6 Å². The van der Waals surface area contributed by atoms with Gasteiger partial charge < -0.3 is 4.74 Å². The first-order valence-electron chi connectivity index (χ1n) is 9.70. The van der Waals surface area contributed by atoms with E-state index in [1.54, 1.807) is 12.1 Å². The lowest BCUT2D eigenvalue weighted by Gasteiger charge is -2.40. The Morgan fingerprint density at radius 3 is 2.17 bits per heavy atom. The van der Waals surface area contributed by atoms with E-state index in [9.17, 15) is 15.4 Å². The van der Waals surface area contributed by atoms with Crippen LogP contribution in [0.15, 0.2) is 90.5 Å². The van der Waals surface area contributed by atoms with Crippen LogP contribution in [0.25, 0.3) is 5.76 Å². The second-order valence-electron chi connectivity index (χ2n) is 7.52. The Morgan fingerprint density at radius 2 is 1.60 bits per heavy atom. The molecule has 1 aliphatic heterocycles. The highest BCUT2D eigenvalue weighted by atomic mass is 16.6. The minimum absolute atomic E-state index is 0.0300. The molecule has 4 rings (SSSR count).